The summed E-state index contributed by atoms with van der Waals surface area (Å²) in [6, 6.07) is 8.62. The summed E-state index contributed by atoms with van der Waals surface area (Å²) in [7, 11) is 4.29. The van der Waals surface area contributed by atoms with Crippen molar-refractivity contribution in [2.45, 2.75) is 32.4 Å². The maximum Gasteiger partial charge on any atom is 0.310 e. The lowest BCUT2D eigenvalue weighted by Gasteiger charge is -2.22. The highest BCUT2D eigenvalue weighted by molar-refractivity contribution is 5.75. The highest BCUT2D eigenvalue weighted by Crippen LogP contribution is 2.23. The summed E-state index contributed by atoms with van der Waals surface area (Å²) in [5.74, 6) is -0.528. The van der Waals surface area contributed by atoms with Gasteiger partial charge in [-0.2, -0.15) is 0 Å². The van der Waals surface area contributed by atoms with Crippen molar-refractivity contribution in [2.24, 2.45) is 5.92 Å². The van der Waals surface area contributed by atoms with Gasteiger partial charge < -0.3 is 10.0 Å². The van der Waals surface area contributed by atoms with Crippen molar-refractivity contribution in [3.8, 4) is 0 Å². The van der Waals surface area contributed by atoms with Gasteiger partial charge in [-0.05, 0) is 38.1 Å². The highest BCUT2D eigenvalue weighted by Gasteiger charge is 2.30. The molecule has 0 amide bonds. The topological polar surface area (TPSA) is 43.8 Å². The Morgan fingerprint density at radius 1 is 1.33 bits per heavy atom. The third kappa shape index (κ3) is 3.83. The molecule has 4 nitrogen and oxygen atoms in total. The van der Waals surface area contributed by atoms with Gasteiger partial charge in [-0.25, -0.2) is 0 Å². The Balaban J connectivity index is 1.97. The van der Waals surface area contributed by atoms with E-state index in [9.17, 15) is 4.79 Å². The molecule has 3 atom stereocenters. The second-order valence-corrected chi connectivity index (χ2v) is 6.50. The van der Waals surface area contributed by atoms with Gasteiger partial charge in [0.1, 0.15) is 0 Å². The molecule has 0 saturated carbocycles. The van der Waals surface area contributed by atoms with Crippen molar-refractivity contribution in [1.29, 1.82) is 0 Å². The SMILES string of the molecule is CC(C(=O)O)c1ccc(CN2CC(C)C(N(C)C)C2)cc1. The summed E-state index contributed by atoms with van der Waals surface area (Å²) in [5, 5.41) is 9.03. The van der Waals surface area contributed by atoms with Crippen LogP contribution in [0.2, 0.25) is 0 Å². The van der Waals surface area contributed by atoms with Crippen LogP contribution in [0.3, 0.4) is 0 Å². The van der Waals surface area contributed by atoms with Gasteiger partial charge in [-0.15, -0.1) is 0 Å². The monoisotopic (exact) mass is 290 g/mol. The van der Waals surface area contributed by atoms with Crippen LogP contribution in [0.15, 0.2) is 24.3 Å². The van der Waals surface area contributed by atoms with Gasteiger partial charge in [-0.3, -0.25) is 9.69 Å². The molecule has 1 aromatic carbocycles. The summed E-state index contributed by atoms with van der Waals surface area (Å²) in [6.07, 6.45) is 0. The van der Waals surface area contributed by atoms with Gasteiger partial charge in [0.15, 0.2) is 0 Å². The number of likely N-dealkylation sites (tertiary alicyclic amines) is 1. The molecule has 1 N–H and O–H groups in total. The first kappa shape index (κ1) is 16.0. The first-order valence-corrected chi connectivity index (χ1v) is 7.59. The van der Waals surface area contributed by atoms with Crippen molar-refractivity contribution in [1.82, 2.24) is 9.80 Å². The van der Waals surface area contributed by atoms with E-state index in [1.165, 1.54) is 5.56 Å². The second-order valence-electron chi connectivity index (χ2n) is 6.50. The van der Waals surface area contributed by atoms with Crippen LogP contribution in [-0.4, -0.2) is 54.1 Å². The van der Waals surface area contributed by atoms with E-state index in [0.29, 0.717) is 12.0 Å². The van der Waals surface area contributed by atoms with Gasteiger partial charge >= 0.3 is 5.97 Å². The van der Waals surface area contributed by atoms with Crippen LogP contribution >= 0.6 is 0 Å². The van der Waals surface area contributed by atoms with E-state index in [4.69, 9.17) is 5.11 Å². The molecule has 0 spiro atoms. The molecule has 1 aromatic rings. The zero-order chi connectivity index (χ0) is 15.6. The van der Waals surface area contributed by atoms with Crippen molar-refractivity contribution in [3.05, 3.63) is 35.4 Å². The molecule has 1 aliphatic heterocycles. The molecule has 1 aliphatic rings. The third-order valence-electron chi connectivity index (χ3n) is 4.57. The quantitative estimate of drug-likeness (QED) is 0.903. The van der Waals surface area contributed by atoms with E-state index in [1.54, 1.807) is 6.92 Å². The largest absolute Gasteiger partial charge is 0.481 e. The Morgan fingerprint density at radius 2 is 1.95 bits per heavy atom. The van der Waals surface area contributed by atoms with Crippen LogP contribution < -0.4 is 0 Å². The minimum atomic E-state index is -0.773. The number of rotatable bonds is 5. The molecule has 1 fully saturated rings. The zero-order valence-corrected chi connectivity index (χ0v) is 13.4. The number of carbonyl (C=O) groups is 1. The van der Waals surface area contributed by atoms with Crippen molar-refractivity contribution in [3.63, 3.8) is 0 Å². The first-order chi connectivity index (χ1) is 9.88. The Morgan fingerprint density at radius 3 is 2.43 bits per heavy atom. The Bertz CT molecular complexity index is 484. The van der Waals surface area contributed by atoms with Crippen LogP contribution in [0.4, 0.5) is 0 Å². The number of hydrogen-bond acceptors (Lipinski definition) is 3. The smallest absolute Gasteiger partial charge is 0.310 e. The van der Waals surface area contributed by atoms with Crippen molar-refractivity contribution >= 4 is 5.97 Å². The predicted molar refractivity (Wildman–Crippen MR) is 84.4 cm³/mol. The van der Waals surface area contributed by atoms with Crippen LogP contribution in [0.5, 0.6) is 0 Å². The van der Waals surface area contributed by atoms with Crippen molar-refractivity contribution < 1.29 is 9.90 Å². The van der Waals surface area contributed by atoms with E-state index < -0.39 is 11.9 Å². The van der Waals surface area contributed by atoms with E-state index in [0.717, 1.165) is 25.2 Å². The second kappa shape index (κ2) is 6.58. The molecule has 1 saturated heterocycles. The van der Waals surface area contributed by atoms with Gasteiger partial charge in [-0.1, -0.05) is 31.2 Å². The molecule has 0 radical (unpaired) electrons. The summed E-state index contributed by atoms with van der Waals surface area (Å²) < 4.78 is 0. The van der Waals surface area contributed by atoms with Crippen molar-refractivity contribution in [2.75, 3.05) is 27.2 Å². The predicted octanol–water partition coefficient (Wildman–Crippen LogP) is 2.26. The Hall–Kier alpha value is -1.39. The van der Waals surface area contributed by atoms with Crippen LogP contribution in [0.1, 0.15) is 30.9 Å². The molecule has 3 unspecified atom stereocenters. The molecule has 116 valence electrons. The van der Waals surface area contributed by atoms with Gasteiger partial charge in [0.2, 0.25) is 0 Å². The molecule has 4 heteroatoms. The average Bonchev–Trinajstić information content (AvgIpc) is 2.79. The van der Waals surface area contributed by atoms with Crippen LogP contribution in [0, 0.1) is 5.92 Å². The molecule has 0 aromatic heterocycles. The average molecular weight is 290 g/mol. The van der Waals surface area contributed by atoms with E-state index >= 15 is 0 Å². The van der Waals surface area contributed by atoms with E-state index in [1.807, 2.05) is 12.1 Å². The van der Waals surface area contributed by atoms with Gasteiger partial charge in [0, 0.05) is 25.7 Å². The van der Waals surface area contributed by atoms with Crippen LogP contribution in [0.25, 0.3) is 0 Å². The zero-order valence-electron chi connectivity index (χ0n) is 13.4. The van der Waals surface area contributed by atoms with Gasteiger partial charge in [0.25, 0.3) is 0 Å². The number of carboxylic acid groups (broad SMARTS) is 1. The molecule has 0 aliphatic carbocycles. The van der Waals surface area contributed by atoms with Crippen LogP contribution in [-0.2, 0) is 11.3 Å². The molecule has 21 heavy (non-hydrogen) atoms. The highest BCUT2D eigenvalue weighted by atomic mass is 16.4. The molecule has 2 rings (SSSR count). The molecular weight excluding hydrogens is 264 g/mol. The Kier molecular flexibility index (Phi) is 5.01. The lowest BCUT2D eigenvalue weighted by atomic mass is 10.00. The number of nitrogens with zero attached hydrogens (tertiary/aromatic N) is 2. The minimum Gasteiger partial charge on any atom is -0.481 e. The minimum absolute atomic E-state index is 0.441. The fourth-order valence-electron chi connectivity index (χ4n) is 3.16. The van der Waals surface area contributed by atoms with E-state index in [2.05, 4.69) is 43.0 Å². The summed E-state index contributed by atoms with van der Waals surface area (Å²) >= 11 is 0. The number of likely N-dealkylation sites (N-methyl/N-ethyl adjacent to an activating group) is 1. The molecular formula is C17H26N2O2. The molecule has 0 bridgehead atoms. The summed E-state index contributed by atoms with van der Waals surface area (Å²) in [4.78, 5) is 15.8. The normalized spacial score (nSPS) is 24.4. The Labute approximate surface area is 127 Å². The molecule has 1 heterocycles. The third-order valence-corrected chi connectivity index (χ3v) is 4.57. The van der Waals surface area contributed by atoms with Gasteiger partial charge in [0.05, 0.1) is 5.92 Å². The first-order valence-electron chi connectivity index (χ1n) is 7.59. The lowest BCUT2D eigenvalue weighted by molar-refractivity contribution is -0.138. The summed E-state index contributed by atoms with van der Waals surface area (Å²) in [5.41, 5.74) is 2.12. The number of aliphatic carboxylic acids is 1. The number of hydrogen-bond donors (Lipinski definition) is 1. The summed E-state index contributed by atoms with van der Waals surface area (Å²) in [6.45, 7) is 7.19. The van der Waals surface area contributed by atoms with E-state index in [-0.39, 0.29) is 0 Å². The fourth-order valence-corrected chi connectivity index (χ4v) is 3.16. The maximum absolute atomic E-state index is 11.0. The lowest BCUT2D eigenvalue weighted by Crippen LogP contribution is -2.34. The maximum atomic E-state index is 11.0. The standard InChI is InChI=1S/C17H26N2O2/c1-12-9-19(11-16(12)18(3)4)10-14-5-7-15(8-6-14)13(2)17(20)21/h5-8,12-13,16H,9-11H2,1-4H3,(H,20,21). The number of benzene rings is 1. The fraction of sp³-hybridized carbons (Fsp3) is 0.588. The number of carboxylic acids is 1.